The van der Waals surface area contributed by atoms with Gasteiger partial charge in [-0.15, -0.1) is 0 Å². The molecule has 0 aromatic heterocycles. The molecule has 2 rings (SSSR count). The molecular formula is C14H15ClN2O2. The fourth-order valence-electron chi connectivity index (χ4n) is 1.65. The lowest BCUT2D eigenvalue weighted by Crippen LogP contribution is -2.20. The first-order valence-electron chi connectivity index (χ1n) is 5.80. The number of para-hydroxylation sites is 1. The third-order valence-electron chi connectivity index (χ3n) is 2.66. The van der Waals surface area contributed by atoms with Crippen molar-refractivity contribution in [3.8, 4) is 11.5 Å². The Hall–Kier alpha value is -1.91. The van der Waals surface area contributed by atoms with E-state index in [-0.39, 0.29) is 5.75 Å². The second kappa shape index (κ2) is 6.31. The smallest absolute Gasteiger partial charge is 0.177 e. The first-order valence-corrected chi connectivity index (χ1v) is 6.18. The van der Waals surface area contributed by atoms with Crippen LogP contribution in [0, 0.1) is 0 Å². The van der Waals surface area contributed by atoms with Crippen LogP contribution in [0.15, 0.2) is 42.5 Å². The van der Waals surface area contributed by atoms with Crippen molar-refractivity contribution in [3.05, 3.63) is 53.1 Å². The number of phenols is 1. The molecule has 0 bridgehead atoms. The van der Waals surface area contributed by atoms with Crippen molar-refractivity contribution >= 4 is 17.3 Å². The average molecular weight is 279 g/mol. The highest BCUT2D eigenvalue weighted by molar-refractivity contribution is 6.33. The van der Waals surface area contributed by atoms with E-state index in [1.54, 1.807) is 12.1 Å². The number of ether oxygens (including phenoxy) is 1. The average Bonchev–Trinajstić information content (AvgIpc) is 2.45. The molecule has 2 aromatic carbocycles. The molecule has 0 atom stereocenters. The summed E-state index contributed by atoms with van der Waals surface area (Å²) in [5.41, 5.74) is 7.82. The molecule has 0 aliphatic rings. The van der Waals surface area contributed by atoms with Crippen molar-refractivity contribution in [2.24, 2.45) is 0 Å². The largest absolute Gasteiger partial charge is 0.503 e. The van der Waals surface area contributed by atoms with Gasteiger partial charge in [0, 0.05) is 12.2 Å². The van der Waals surface area contributed by atoms with Crippen LogP contribution in [-0.2, 0) is 6.54 Å². The van der Waals surface area contributed by atoms with Crippen LogP contribution in [-0.4, -0.2) is 12.2 Å². The zero-order valence-corrected chi connectivity index (χ0v) is 11.2. The van der Waals surface area contributed by atoms with Crippen molar-refractivity contribution < 1.29 is 9.84 Å². The zero-order chi connectivity index (χ0) is 13.7. The Bertz CT molecular complexity index is 547. The maximum Gasteiger partial charge on any atom is 0.177 e. The van der Waals surface area contributed by atoms with Gasteiger partial charge in [0.25, 0.3) is 0 Å². The van der Waals surface area contributed by atoms with Crippen molar-refractivity contribution in [2.75, 3.05) is 12.5 Å². The van der Waals surface area contributed by atoms with Gasteiger partial charge in [0.05, 0.1) is 12.1 Å². The molecular weight excluding hydrogens is 264 g/mol. The maximum absolute atomic E-state index is 9.79. The molecule has 0 spiro atoms. The predicted octanol–water partition coefficient (Wildman–Crippen LogP) is 3.17. The van der Waals surface area contributed by atoms with E-state index in [2.05, 4.69) is 10.9 Å². The predicted molar refractivity (Wildman–Crippen MR) is 76.6 cm³/mol. The molecule has 0 saturated carbocycles. The first kappa shape index (κ1) is 13.5. The second-order valence-electron chi connectivity index (χ2n) is 3.93. The highest BCUT2D eigenvalue weighted by Crippen LogP contribution is 2.36. The van der Waals surface area contributed by atoms with Gasteiger partial charge in [-0.25, -0.2) is 5.43 Å². The number of methoxy groups -OCH3 is 1. The molecule has 0 fully saturated rings. The molecule has 4 nitrogen and oxygen atoms in total. The summed E-state index contributed by atoms with van der Waals surface area (Å²) in [5.74, 6) is 0.327. The van der Waals surface area contributed by atoms with E-state index in [4.69, 9.17) is 16.3 Å². The summed E-state index contributed by atoms with van der Waals surface area (Å²) in [6, 6.07) is 13.2. The number of phenolic OH excluding ortho intramolecular Hbond substituents is 1. The zero-order valence-electron chi connectivity index (χ0n) is 10.5. The Morgan fingerprint density at radius 2 is 1.89 bits per heavy atom. The number of benzene rings is 2. The Labute approximate surface area is 116 Å². The quantitative estimate of drug-likeness (QED) is 0.736. The van der Waals surface area contributed by atoms with Crippen LogP contribution >= 0.6 is 11.6 Å². The summed E-state index contributed by atoms with van der Waals surface area (Å²) < 4.78 is 4.98. The first-order chi connectivity index (χ1) is 9.22. The number of hydrogen-bond acceptors (Lipinski definition) is 4. The summed E-state index contributed by atoms with van der Waals surface area (Å²) in [6.45, 7) is 0.477. The molecule has 3 N–H and O–H groups in total. The van der Waals surface area contributed by atoms with Gasteiger partial charge in [-0.05, 0) is 23.8 Å². The van der Waals surface area contributed by atoms with E-state index in [0.29, 0.717) is 17.3 Å². The van der Waals surface area contributed by atoms with E-state index in [9.17, 15) is 5.11 Å². The standard InChI is InChI=1S/C14H15ClN2O2/c1-19-12-8-7-10(13(15)14(12)18)9-16-17-11-5-3-2-4-6-11/h2-8,16-18H,9H2,1H3. The number of halogens is 1. The Morgan fingerprint density at radius 3 is 2.58 bits per heavy atom. The van der Waals surface area contributed by atoms with Gasteiger partial charge in [0.1, 0.15) is 0 Å². The minimum atomic E-state index is -0.0387. The normalized spacial score (nSPS) is 10.2. The molecule has 2 aromatic rings. The number of hydrazine groups is 1. The molecule has 0 heterocycles. The van der Waals surface area contributed by atoms with Crippen LogP contribution in [0.3, 0.4) is 0 Å². The van der Waals surface area contributed by atoms with Crippen molar-refractivity contribution in [2.45, 2.75) is 6.54 Å². The third kappa shape index (κ3) is 3.30. The van der Waals surface area contributed by atoms with Gasteiger partial charge < -0.3 is 15.3 Å². The Balaban J connectivity index is 1.99. The number of aromatic hydroxyl groups is 1. The molecule has 100 valence electrons. The van der Waals surface area contributed by atoms with E-state index >= 15 is 0 Å². The van der Waals surface area contributed by atoms with Crippen LogP contribution in [0.2, 0.25) is 5.02 Å². The monoisotopic (exact) mass is 278 g/mol. The lowest BCUT2D eigenvalue weighted by Gasteiger charge is -2.12. The highest BCUT2D eigenvalue weighted by atomic mass is 35.5. The summed E-state index contributed by atoms with van der Waals surface area (Å²) in [7, 11) is 1.49. The summed E-state index contributed by atoms with van der Waals surface area (Å²) >= 11 is 6.06. The second-order valence-corrected chi connectivity index (χ2v) is 4.31. The minimum Gasteiger partial charge on any atom is -0.503 e. The molecule has 5 heteroatoms. The Kier molecular flexibility index (Phi) is 4.49. The topological polar surface area (TPSA) is 53.5 Å². The van der Waals surface area contributed by atoms with Crippen molar-refractivity contribution in [1.29, 1.82) is 0 Å². The molecule has 0 amide bonds. The lowest BCUT2D eigenvalue weighted by atomic mass is 10.2. The van der Waals surface area contributed by atoms with Gasteiger partial charge in [-0.3, -0.25) is 0 Å². The SMILES string of the molecule is COc1ccc(CNNc2ccccc2)c(Cl)c1O. The molecule has 19 heavy (non-hydrogen) atoms. The summed E-state index contributed by atoms with van der Waals surface area (Å²) in [5, 5.41) is 10.1. The molecule has 0 aliphatic heterocycles. The maximum atomic E-state index is 9.79. The van der Waals surface area contributed by atoms with Gasteiger partial charge in [-0.2, -0.15) is 0 Å². The molecule has 0 aliphatic carbocycles. The fourth-order valence-corrected chi connectivity index (χ4v) is 1.88. The molecule has 0 saturated heterocycles. The third-order valence-corrected chi connectivity index (χ3v) is 3.09. The van der Waals surface area contributed by atoms with Crippen LogP contribution in [0.5, 0.6) is 11.5 Å². The van der Waals surface area contributed by atoms with Crippen LogP contribution in [0.1, 0.15) is 5.56 Å². The van der Waals surface area contributed by atoms with Crippen molar-refractivity contribution in [1.82, 2.24) is 5.43 Å². The van der Waals surface area contributed by atoms with Gasteiger partial charge in [0.2, 0.25) is 0 Å². The number of nitrogens with one attached hydrogen (secondary N) is 2. The van der Waals surface area contributed by atoms with Crippen LogP contribution in [0.4, 0.5) is 5.69 Å². The van der Waals surface area contributed by atoms with Crippen molar-refractivity contribution in [3.63, 3.8) is 0 Å². The number of hydrogen-bond donors (Lipinski definition) is 3. The van der Waals surface area contributed by atoms with E-state index in [1.165, 1.54) is 7.11 Å². The van der Waals surface area contributed by atoms with E-state index in [0.717, 1.165) is 11.3 Å². The number of rotatable bonds is 5. The fraction of sp³-hybridized carbons (Fsp3) is 0.143. The van der Waals surface area contributed by atoms with Gasteiger partial charge in [-0.1, -0.05) is 35.9 Å². The van der Waals surface area contributed by atoms with E-state index in [1.807, 2.05) is 30.3 Å². The molecule has 0 unspecified atom stereocenters. The summed E-state index contributed by atoms with van der Waals surface area (Å²) in [6.07, 6.45) is 0. The molecule has 0 radical (unpaired) electrons. The number of anilines is 1. The van der Waals surface area contributed by atoms with Crippen LogP contribution < -0.4 is 15.6 Å². The van der Waals surface area contributed by atoms with Gasteiger partial charge in [0.15, 0.2) is 11.5 Å². The minimum absolute atomic E-state index is 0.0387. The van der Waals surface area contributed by atoms with Gasteiger partial charge >= 0.3 is 0 Å². The lowest BCUT2D eigenvalue weighted by molar-refractivity contribution is 0.373. The van der Waals surface area contributed by atoms with E-state index < -0.39 is 0 Å². The highest BCUT2D eigenvalue weighted by Gasteiger charge is 2.10. The van der Waals surface area contributed by atoms with Crippen LogP contribution in [0.25, 0.3) is 0 Å². The summed E-state index contributed by atoms with van der Waals surface area (Å²) in [4.78, 5) is 0. The Morgan fingerprint density at radius 1 is 1.16 bits per heavy atom.